The lowest BCUT2D eigenvalue weighted by atomic mass is 10.4. The van der Waals surface area contributed by atoms with E-state index in [9.17, 15) is 14.4 Å². The number of ether oxygens (including phenoxy) is 2. The minimum atomic E-state index is -1.06. The van der Waals surface area contributed by atoms with Gasteiger partial charge in [0.15, 0.2) is 0 Å². The second kappa shape index (κ2) is 7.68. The lowest BCUT2D eigenvalue weighted by Crippen LogP contribution is -2.58. The molecule has 0 aliphatic carbocycles. The molecule has 114 valence electrons. The van der Waals surface area contributed by atoms with Crippen LogP contribution in [-0.4, -0.2) is 53.7 Å². The highest BCUT2D eigenvalue weighted by molar-refractivity contribution is 5.96. The molecule has 0 aromatic heterocycles. The van der Waals surface area contributed by atoms with Crippen molar-refractivity contribution >= 4 is 23.9 Å². The van der Waals surface area contributed by atoms with Crippen molar-refractivity contribution in [1.82, 2.24) is 15.4 Å². The summed E-state index contributed by atoms with van der Waals surface area (Å²) in [6.45, 7) is 8.10. The number of carbonyl (C=O) groups is 3. The summed E-state index contributed by atoms with van der Waals surface area (Å²) in [7, 11) is 0. The molecule has 9 nitrogen and oxygen atoms in total. The number of urea groups is 1. The predicted molar refractivity (Wildman–Crippen MR) is 73.3 cm³/mol. The normalized spacial score (nSPS) is 13.7. The summed E-state index contributed by atoms with van der Waals surface area (Å²) >= 11 is 0. The van der Waals surface area contributed by atoms with Gasteiger partial charge >= 0.3 is 18.2 Å². The van der Waals surface area contributed by atoms with Gasteiger partial charge in [0.2, 0.25) is 0 Å². The highest BCUT2D eigenvalue weighted by Crippen LogP contribution is 2.09. The molecule has 9 heteroatoms. The number of nitrogens with one attached hydrogen (secondary N) is 1. The Balaban J connectivity index is 2.94. The van der Waals surface area contributed by atoms with Crippen LogP contribution >= 0.6 is 0 Å². The summed E-state index contributed by atoms with van der Waals surface area (Å²) in [4.78, 5) is 35.6. The summed E-state index contributed by atoms with van der Waals surface area (Å²) < 4.78 is 9.54. The number of hydrogen-bond donors (Lipinski definition) is 1. The molecule has 1 aliphatic heterocycles. The van der Waals surface area contributed by atoms with Crippen LogP contribution in [0.1, 0.15) is 6.92 Å². The summed E-state index contributed by atoms with van der Waals surface area (Å²) in [5.74, 6) is 0. The quantitative estimate of drug-likeness (QED) is 0.769. The first-order valence-electron chi connectivity index (χ1n) is 5.97. The van der Waals surface area contributed by atoms with Crippen molar-refractivity contribution < 1.29 is 23.9 Å². The van der Waals surface area contributed by atoms with Crippen LogP contribution in [0.5, 0.6) is 0 Å². The minimum absolute atomic E-state index is 0.0573. The van der Waals surface area contributed by atoms with Crippen molar-refractivity contribution in [3.8, 4) is 0 Å². The average molecular weight is 296 g/mol. The molecule has 0 unspecified atom stereocenters. The Morgan fingerprint density at radius 3 is 2.33 bits per heavy atom. The fraction of sp³-hybridized carbons (Fsp3) is 0.333. The van der Waals surface area contributed by atoms with E-state index < -0.39 is 18.2 Å². The molecule has 0 radical (unpaired) electrons. The van der Waals surface area contributed by atoms with Crippen molar-refractivity contribution in [2.75, 3.05) is 19.8 Å². The molecule has 0 saturated carbocycles. The van der Waals surface area contributed by atoms with Crippen molar-refractivity contribution in [1.29, 1.82) is 0 Å². The van der Waals surface area contributed by atoms with Crippen LogP contribution in [0.2, 0.25) is 0 Å². The SMILES string of the molecule is C=CCOC(=O)N(C(=O)OCC=C)N1CC(C)=NNC1=O. The molecule has 21 heavy (non-hydrogen) atoms. The Bertz CT molecular complexity index is 464. The highest BCUT2D eigenvalue weighted by Gasteiger charge is 2.36. The summed E-state index contributed by atoms with van der Waals surface area (Å²) in [5, 5.41) is 4.99. The third-order valence-corrected chi connectivity index (χ3v) is 2.19. The Labute approximate surface area is 121 Å². The number of hydrogen-bond acceptors (Lipinski definition) is 6. The summed E-state index contributed by atoms with van der Waals surface area (Å²) in [6.07, 6.45) is 0.532. The van der Waals surface area contributed by atoms with Crippen LogP contribution in [0, 0.1) is 0 Å². The second-order valence-corrected chi connectivity index (χ2v) is 3.86. The van der Waals surface area contributed by atoms with Crippen LogP contribution in [-0.2, 0) is 9.47 Å². The number of imide groups is 1. The topological polar surface area (TPSA) is 101 Å². The molecule has 0 fully saturated rings. The van der Waals surface area contributed by atoms with Gasteiger partial charge in [0.25, 0.3) is 0 Å². The predicted octanol–water partition coefficient (Wildman–Crippen LogP) is 1.25. The maximum absolute atomic E-state index is 11.9. The minimum Gasteiger partial charge on any atom is -0.444 e. The Hall–Kier alpha value is -2.84. The molecule has 0 spiro atoms. The largest absolute Gasteiger partial charge is 0.444 e. The van der Waals surface area contributed by atoms with E-state index in [1.807, 2.05) is 0 Å². The molecule has 1 heterocycles. The molecule has 0 bridgehead atoms. The van der Waals surface area contributed by atoms with Crippen molar-refractivity contribution in [2.45, 2.75) is 6.92 Å². The van der Waals surface area contributed by atoms with Gasteiger partial charge < -0.3 is 9.47 Å². The van der Waals surface area contributed by atoms with Gasteiger partial charge in [-0.15, -0.1) is 5.01 Å². The van der Waals surface area contributed by atoms with E-state index in [1.165, 1.54) is 12.2 Å². The van der Waals surface area contributed by atoms with Gasteiger partial charge in [-0.3, -0.25) is 0 Å². The van der Waals surface area contributed by atoms with Gasteiger partial charge in [0.05, 0.1) is 12.3 Å². The summed E-state index contributed by atoms with van der Waals surface area (Å²) in [6, 6.07) is -0.758. The summed E-state index contributed by atoms with van der Waals surface area (Å²) in [5.41, 5.74) is 2.65. The number of amides is 4. The molecule has 0 aromatic rings. The molecule has 1 aliphatic rings. The van der Waals surface area contributed by atoms with E-state index in [0.717, 1.165) is 5.01 Å². The molecular weight excluding hydrogens is 280 g/mol. The zero-order valence-corrected chi connectivity index (χ0v) is 11.6. The van der Waals surface area contributed by atoms with Gasteiger partial charge in [-0.25, -0.2) is 24.8 Å². The van der Waals surface area contributed by atoms with Crippen LogP contribution in [0.3, 0.4) is 0 Å². The third kappa shape index (κ3) is 4.34. The smallest absolute Gasteiger partial charge is 0.439 e. The standard InChI is InChI=1S/C12H16N4O5/c1-4-6-20-11(18)16(12(19)21-7-5-2)15-8-9(3)13-14-10(15)17/h4-5H,1-2,6-8H2,3H3,(H,14,17). The number of carbonyl (C=O) groups excluding carboxylic acids is 3. The monoisotopic (exact) mass is 296 g/mol. The molecule has 0 atom stereocenters. The van der Waals surface area contributed by atoms with Crippen molar-refractivity contribution in [3.63, 3.8) is 0 Å². The van der Waals surface area contributed by atoms with Gasteiger partial charge in [-0.2, -0.15) is 5.10 Å². The molecule has 1 rings (SSSR count). The van der Waals surface area contributed by atoms with E-state index in [4.69, 9.17) is 9.47 Å². The van der Waals surface area contributed by atoms with Gasteiger partial charge in [-0.1, -0.05) is 25.3 Å². The third-order valence-electron chi connectivity index (χ3n) is 2.19. The van der Waals surface area contributed by atoms with Gasteiger partial charge in [-0.05, 0) is 6.92 Å². The molecule has 0 aromatic carbocycles. The van der Waals surface area contributed by atoms with Crippen LogP contribution in [0.15, 0.2) is 30.4 Å². The van der Waals surface area contributed by atoms with E-state index in [-0.39, 0.29) is 19.8 Å². The average Bonchev–Trinajstić information content (AvgIpc) is 2.46. The number of nitrogens with zero attached hydrogens (tertiary/aromatic N) is 3. The highest BCUT2D eigenvalue weighted by atomic mass is 16.6. The lowest BCUT2D eigenvalue weighted by molar-refractivity contribution is 0.0112. The van der Waals surface area contributed by atoms with Crippen LogP contribution in [0.25, 0.3) is 0 Å². The molecule has 1 N–H and O–H groups in total. The first kappa shape index (κ1) is 16.2. The van der Waals surface area contributed by atoms with Crippen LogP contribution in [0.4, 0.5) is 14.4 Å². The van der Waals surface area contributed by atoms with Crippen LogP contribution < -0.4 is 5.43 Å². The maximum atomic E-state index is 11.9. The molecular formula is C12H16N4O5. The molecule has 0 saturated heterocycles. The van der Waals surface area contributed by atoms with E-state index in [0.29, 0.717) is 10.7 Å². The number of hydrazine groups is 1. The van der Waals surface area contributed by atoms with E-state index >= 15 is 0 Å². The molecule has 4 amide bonds. The zero-order valence-electron chi connectivity index (χ0n) is 11.6. The fourth-order valence-electron chi connectivity index (χ4n) is 1.34. The van der Waals surface area contributed by atoms with Crippen molar-refractivity contribution in [2.24, 2.45) is 5.10 Å². The first-order valence-corrected chi connectivity index (χ1v) is 5.97. The number of rotatable bonds is 5. The van der Waals surface area contributed by atoms with Crippen molar-refractivity contribution in [3.05, 3.63) is 25.3 Å². The Morgan fingerprint density at radius 2 is 1.86 bits per heavy atom. The Kier molecular flexibility index (Phi) is 5.93. The van der Waals surface area contributed by atoms with E-state index in [1.54, 1.807) is 6.92 Å². The second-order valence-electron chi connectivity index (χ2n) is 3.86. The lowest BCUT2D eigenvalue weighted by Gasteiger charge is -2.32. The Morgan fingerprint density at radius 1 is 1.33 bits per heavy atom. The van der Waals surface area contributed by atoms with Gasteiger partial charge in [0, 0.05) is 0 Å². The van der Waals surface area contributed by atoms with Gasteiger partial charge in [0.1, 0.15) is 13.2 Å². The number of hydrazone groups is 1. The zero-order chi connectivity index (χ0) is 15.8. The van der Waals surface area contributed by atoms with E-state index in [2.05, 4.69) is 23.7 Å². The fourth-order valence-corrected chi connectivity index (χ4v) is 1.34. The first-order chi connectivity index (χ1) is 10.0. The maximum Gasteiger partial charge on any atom is 0.439 e.